The summed E-state index contributed by atoms with van der Waals surface area (Å²) in [6, 6.07) is 0. The first-order chi connectivity index (χ1) is 5.17. The van der Waals surface area contributed by atoms with Crippen LogP contribution in [0.4, 0.5) is 0 Å². The summed E-state index contributed by atoms with van der Waals surface area (Å²) in [5.41, 5.74) is 0. The number of hydrogen-bond donors (Lipinski definition) is 1. The van der Waals surface area contributed by atoms with Gasteiger partial charge in [-0.25, -0.2) is 0 Å². The Bertz CT molecular complexity index is 123. The zero-order valence-corrected chi connectivity index (χ0v) is 8.11. The van der Waals surface area contributed by atoms with Crippen molar-refractivity contribution in [1.82, 2.24) is 5.32 Å². The Hall–Kier alpha value is -0.240. The fourth-order valence-electron chi connectivity index (χ4n) is 1.05. The molecule has 1 unspecified atom stereocenters. The van der Waals surface area contributed by atoms with E-state index in [1.165, 1.54) is 0 Å². The number of rotatable bonds is 4. The lowest BCUT2D eigenvalue weighted by Crippen LogP contribution is -2.33. The largest absolute Gasteiger partial charge is 0.358 e. The van der Waals surface area contributed by atoms with Gasteiger partial charge in [-0.1, -0.05) is 26.7 Å². The minimum atomic E-state index is -0.366. The molecule has 0 bridgehead atoms. The normalized spacial score (nSPS) is 13.2. The van der Waals surface area contributed by atoms with E-state index in [0.29, 0.717) is 5.92 Å². The number of carbonyl (C=O) groups is 1. The molecule has 1 N–H and O–H groups in total. The van der Waals surface area contributed by atoms with Crippen LogP contribution in [-0.2, 0) is 4.79 Å². The summed E-state index contributed by atoms with van der Waals surface area (Å²) in [5, 5.41) is 2.18. The van der Waals surface area contributed by atoms with E-state index in [1.54, 1.807) is 7.05 Å². The molecule has 0 spiro atoms. The summed E-state index contributed by atoms with van der Waals surface area (Å²) in [4.78, 5) is 11.0. The van der Waals surface area contributed by atoms with E-state index in [9.17, 15) is 4.79 Å². The van der Waals surface area contributed by atoms with Gasteiger partial charge in [-0.05, 0) is 5.92 Å². The number of halogens is 1. The van der Waals surface area contributed by atoms with E-state index < -0.39 is 0 Å². The van der Waals surface area contributed by atoms with Crippen LogP contribution in [0.1, 0.15) is 26.7 Å². The standard InChI is InChI=1S/C8H16ClNO/c1-4-6(5-2)7(9)8(11)10-3/h6-7H,4-5H2,1-3H3,(H,10,11). The third-order valence-electron chi connectivity index (χ3n) is 1.96. The predicted octanol–water partition coefficient (Wildman–Crippen LogP) is 1.78. The highest BCUT2D eigenvalue weighted by Crippen LogP contribution is 2.18. The Kier molecular flexibility index (Phi) is 5.30. The minimum absolute atomic E-state index is 0.0691. The highest BCUT2D eigenvalue weighted by Gasteiger charge is 2.21. The van der Waals surface area contributed by atoms with Gasteiger partial charge in [0.25, 0.3) is 0 Å². The lowest BCUT2D eigenvalue weighted by atomic mass is 9.99. The topological polar surface area (TPSA) is 29.1 Å². The number of amides is 1. The van der Waals surface area contributed by atoms with Gasteiger partial charge in [0.2, 0.25) is 5.91 Å². The molecule has 0 aliphatic heterocycles. The zero-order valence-electron chi connectivity index (χ0n) is 7.36. The zero-order chi connectivity index (χ0) is 8.85. The molecule has 3 heteroatoms. The first-order valence-electron chi connectivity index (χ1n) is 4.03. The summed E-state index contributed by atoms with van der Waals surface area (Å²) in [5.74, 6) is 0.233. The van der Waals surface area contributed by atoms with E-state index >= 15 is 0 Å². The van der Waals surface area contributed by atoms with Crippen LogP contribution in [0.15, 0.2) is 0 Å². The summed E-state index contributed by atoms with van der Waals surface area (Å²) in [6.45, 7) is 4.10. The third kappa shape index (κ3) is 3.10. The van der Waals surface area contributed by atoms with Gasteiger partial charge in [0.15, 0.2) is 0 Å². The second-order valence-corrected chi connectivity index (χ2v) is 3.06. The summed E-state index contributed by atoms with van der Waals surface area (Å²) >= 11 is 5.89. The summed E-state index contributed by atoms with van der Waals surface area (Å²) in [7, 11) is 1.61. The van der Waals surface area contributed by atoms with Crippen LogP contribution in [0.5, 0.6) is 0 Å². The molecule has 0 saturated heterocycles. The van der Waals surface area contributed by atoms with Crippen LogP contribution in [-0.4, -0.2) is 18.3 Å². The maximum atomic E-state index is 11.0. The van der Waals surface area contributed by atoms with Crippen molar-refractivity contribution in [3.63, 3.8) is 0 Å². The van der Waals surface area contributed by atoms with E-state index in [2.05, 4.69) is 5.32 Å². The molecule has 1 amide bonds. The van der Waals surface area contributed by atoms with Crippen LogP contribution in [0.3, 0.4) is 0 Å². The Balaban J connectivity index is 3.97. The van der Waals surface area contributed by atoms with E-state index in [1.807, 2.05) is 13.8 Å². The molecule has 1 atom stereocenters. The van der Waals surface area contributed by atoms with E-state index in [4.69, 9.17) is 11.6 Å². The average Bonchev–Trinajstić information content (AvgIpc) is 2.05. The molecule has 2 nitrogen and oxygen atoms in total. The molecule has 0 saturated carbocycles. The summed E-state index contributed by atoms with van der Waals surface area (Å²) in [6.07, 6.45) is 1.91. The Morgan fingerprint density at radius 3 is 2.18 bits per heavy atom. The smallest absolute Gasteiger partial charge is 0.238 e. The molecule has 0 rings (SSSR count). The number of carbonyl (C=O) groups excluding carboxylic acids is 1. The van der Waals surface area contributed by atoms with Gasteiger partial charge in [-0.3, -0.25) is 4.79 Å². The van der Waals surface area contributed by atoms with E-state index in [-0.39, 0.29) is 11.3 Å². The van der Waals surface area contributed by atoms with Crippen LogP contribution >= 0.6 is 11.6 Å². The van der Waals surface area contributed by atoms with Gasteiger partial charge in [-0.15, -0.1) is 11.6 Å². The highest BCUT2D eigenvalue weighted by molar-refractivity contribution is 6.30. The Labute approximate surface area is 73.3 Å². The fourth-order valence-corrected chi connectivity index (χ4v) is 1.52. The van der Waals surface area contributed by atoms with Crippen molar-refractivity contribution in [2.24, 2.45) is 5.92 Å². The molecule has 0 aromatic rings. The predicted molar refractivity (Wildman–Crippen MR) is 47.8 cm³/mol. The van der Waals surface area contributed by atoms with Crippen LogP contribution in [0, 0.1) is 5.92 Å². The number of alkyl halides is 1. The first-order valence-corrected chi connectivity index (χ1v) is 4.46. The highest BCUT2D eigenvalue weighted by atomic mass is 35.5. The van der Waals surface area contributed by atoms with Crippen LogP contribution < -0.4 is 5.32 Å². The van der Waals surface area contributed by atoms with Gasteiger partial charge < -0.3 is 5.32 Å². The molecule has 0 aliphatic rings. The van der Waals surface area contributed by atoms with Crippen molar-refractivity contribution in [3.8, 4) is 0 Å². The fraction of sp³-hybridized carbons (Fsp3) is 0.875. The van der Waals surface area contributed by atoms with Crippen molar-refractivity contribution < 1.29 is 4.79 Å². The SMILES string of the molecule is CCC(CC)C(Cl)C(=O)NC. The van der Waals surface area contributed by atoms with Crippen molar-refractivity contribution in [1.29, 1.82) is 0 Å². The average molecular weight is 178 g/mol. The van der Waals surface area contributed by atoms with Gasteiger partial charge in [0.05, 0.1) is 0 Å². The number of hydrogen-bond acceptors (Lipinski definition) is 1. The molecule has 0 radical (unpaired) electrons. The molecular formula is C8H16ClNO. The quantitative estimate of drug-likeness (QED) is 0.652. The van der Waals surface area contributed by atoms with Crippen molar-refractivity contribution in [2.45, 2.75) is 32.1 Å². The lowest BCUT2D eigenvalue weighted by Gasteiger charge is -2.16. The molecule has 0 fully saturated rings. The molecular weight excluding hydrogens is 162 g/mol. The monoisotopic (exact) mass is 177 g/mol. The molecule has 0 heterocycles. The van der Waals surface area contributed by atoms with E-state index in [0.717, 1.165) is 12.8 Å². The summed E-state index contributed by atoms with van der Waals surface area (Å²) < 4.78 is 0. The second kappa shape index (κ2) is 5.42. The maximum Gasteiger partial charge on any atom is 0.238 e. The lowest BCUT2D eigenvalue weighted by molar-refractivity contribution is -0.121. The van der Waals surface area contributed by atoms with Crippen LogP contribution in [0.25, 0.3) is 0 Å². The van der Waals surface area contributed by atoms with Crippen molar-refractivity contribution in [2.75, 3.05) is 7.05 Å². The van der Waals surface area contributed by atoms with Crippen molar-refractivity contribution in [3.05, 3.63) is 0 Å². The third-order valence-corrected chi connectivity index (χ3v) is 2.51. The van der Waals surface area contributed by atoms with Gasteiger partial charge in [0.1, 0.15) is 5.38 Å². The molecule has 0 aromatic heterocycles. The molecule has 66 valence electrons. The minimum Gasteiger partial charge on any atom is -0.358 e. The second-order valence-electron chi connectivity index (χ2n) is 2.59. The van der Waals surface area contributed by atoms with Gasteiger partial charge >= 0.3 is 0 Å². The Morgan fingerprint density at radius 1 is 1.45 bits per heavy atom. The molecule has 0 aromatic carbocycles. The van der Waals surface area contributed by atoms with Crippen molar-refractivity contribution >= 4 is 17.5 Å². The molecule has 0 aliphatic carbocycles. The maximum absolute atomic E-state index is 11.0. The van der Waals surface area contributed by atoms with Gasteiger partial charge in [0, 0.05) is 7.05 Å². The van der Waals surface area contributed by atoms with Crippen LogP contribution in [0.2, 0.25) is 0 Å². The Morgan fingerprint density at radius 2 is 1.91 bits per heavy atom. The van der Waals surface area contributed by atoms with Gasteiger partial charge in [-0.2, -0.15) is 0 Å². The number of nitrogens with one attached hydrogen (secondary N) is 1. The molecule has 11 heavy (non-hydrogen) atoms. The first kappa shape index (κ1) is 10.8.